The van der Waals surface area contributed by atoms with Crippen molar-refractivity contribution in [3.8, 4) is 11.5 Å². The average Bonchev–Trinajstić information content (AvgIpc) is 3.12. The summed E-state index contributed by atoms with van der Waals surface area (Å²) in [6, 6.07) is 6.06. The summed E-state index contributed by atoms with van der Waals surface area (Å²) in [6.07, 6.45) is 4.02. The Labute approximate surface area is 151 Å². The fraction of sp³-hybridized carbons (Fsp3) is 0.650. The zero-order valence-electron chi connectivity index (χ0n) is 16.0. The second-order valence-electron chi connectivity index (χ2n) is 7.20. The number of hydrogen-bond acceptors (Lipinski definition) is 4. The molecule has 0 spiro atoms. The van der Waals surface area contributed by atoms with Crippen LogP contribution in [0.15, 0.2) is 18.2 Å². The van der Waals surface area contributed by atoms with Crippen LogP contribution >= 0.6 is 0 Å². The van der Waals surface area contributed by atoms with E-state index in [4.69, 9.17) is 9.47 Å². The van der Waals surface area contributed by atoms with Crippen molar-refractivity contribution in [2.75, 3.05) is 33.9 Å². The van der Waals surface area contributed by atoms with Gasteiger partial charge >= 0.3 is 0 Å². The van der Waals surface area contributed by atoms with Crippen LogP contribution in [0, 0.1) is 5.92 Å². The molecule has 1 heterocycles. The lowest BCUT2D eigenvalue weighted by atomic mass is 10.0. The van der Waals surface area contributed by atoms with Gasteiger partial charge in [0, 0.05) is 12.6 Å². The molecule has 1 aromatic carbocycles. The van der Waals surface area contributed by atoms with E-state index in [1.165, 1.54) is 12.8 Å². The summed E-state index contributed by atoms with van der Waals surface area (Å²) in [6.45, 7) is 7.53. The SMILES string of the molecule is COc1ccc(CC(=O)NCC(CC(C)C)N2CCCC2)cc1OC. The Kier molecular flexibility index (Phi) is 7.56. The number of benzene rings is 1. The van der Waals surface area contributed by atoms with Crippen molar-refractivity contribution < 1.29 is 14.3 Å². The summed E-state index contributed by atoms with van der Waals surface area (Å²) >= 11 is 0. The maximum atomic E-state index is 12.4. The van der Waals surface area contributed by atoms with Gasteiger partial charge in [0.1, 0.15) is 0 Å². The van der Waals surface area contributed by atoms with Crippen molar-refractivity contribution in [2.24, 2.45) is 5.92 Å². The summed E-state index contributed by atoms with van der Waals surface area (Å²) in [7, 11) is 3.21. The van der Waals surface area contributed by atoms with Gasteiger partial charge in [0.25, 0.3) is 0 Å². The van der Waals surface area contributed by atoms with Gasteiger partial charge in [-0.3, -0.25) is 9.69 Å². The van der Waals surface area contributed by atoms with Gasteiger partial charge in [-0.2, -0.15) is 0 Å². The molecule has 0 bridgehead atoms. The minimum absolute atomic E-state index is 0.0557. The Balaban J connectivity index is 1.89. The largest absolute Gasteiger partial charge is 0.493 e. The molecule has 0 aliphatic carbocycles. The highest BCUT2D eigenvalue weighted by Crippen LogP contribution is 2.27. The van der Waals surface area contributed by atoms with Crippen LogP contribution in [0.4, 0.5) is 0 Å². The second kappa shape index (κ2) is 9.66. The van der Waals surface area contributed by atoms with Gasteiger partial charge in [-0.05, 0) is 56.0 Å². The van der Waals surface area contributed by atoms with Gasteiger partial charge in [-0.15, -0.1) is 0 Å². The summed E-state index contributed by atoms with van der Waals surface area (Å²) in [4.78, 5) is 14.9. The molecule has 1 atom stereocenters. The lowest BCUT2D eigenvalue weighted by Crippen LogP contribution is -2.43. The lowest BCUT2D eigenvalue weighted by molar-refractivity contribution is -0.120. The molecule has 1 aromatic rings. The van der Waals surface area contributed by atoms with E-state index >= 15 is 0 Å². The predicted molar refractivity (Wildman–Crippen MR) is 100 cm³/mol. The molecule has 5 heteroatoms. The predicted octanol–water partition coefficient (Wildman–Crippen LogP) is 2.87. The van der Waals surface area contributed by atoms with E-state index in [1.54, 1.807) is 14.2 Å². The van der Waals surface area contributed by atoms with Gasteiger partial charge in [0.2, 0.25) is 5.91 Å². The fourth-order valence-electron chi connectivity index (χ4n) is 3.48. The van der Waals surface area contributed by atoms with Crippen LogP contribution in [0.25, 0.3) is 0 Å². The number of hydrogen-bond donors (Lipinski definition) is 1. The molecule has 0 saturated carbocycles. The monoisotopic (exact) mass is 348 g/mol. The number of likely N-dealkylation sites (tertiary alicyclic amines) is 1. The van der Waals surface area contributed by atoms with E-state index in [2.05, 4.69) is 24.1 Å². The zero-order valence-corrected chi connectivity index (χ0v) is 16.0. The molecule has 25 heavy (non-hydrogen) atoms. The number of nitrogens with zero attached hydrogens (tertiary/aromatic N) is 1. The standard InChI is InChI=1S/C20H32N2O3/c1-15(2)11-17(22-9-5-6-10-22)14-21-20(23)13-16-7-8-18(24-3)19(12-16)25-4/h7-8,12,15,17H,5-6,9-11,13-14H2,1-4H3,(H,21,23). The first-order valence-corrected chi connectivity index (χ1v) is 9.25. The summed E-state index contributed by atoms with van der Waals surface area (Å²) in [5.41, 5.74) is 0.928. The highest BCUT2D eigenvalue weighted by molar-refractivity contribution is 5.78. The molecule has 1 aliphatic rings. The third-order valence-corrected chi connectivity index (χ3v) is 4.75. The number of nitrogens with one attached hydrogen (secondary N) is 1. The number of ether oxygens (including phenoxy) is 2. The van der Waals surface area contributed by atoms with Crippen molar-refractivity contribution in [3.05, 3.63) is 23.8 Å². The van der Waals surface area contributed by atoms with Crippen molar-refractivity contribution in [1.29, 1.82) is 0 Å². The van der Waals surface area contributed by atoms with E-state index in [9.17, 15) is 4.79 Å². The molecule has 1 amide bonds. The molecule has 1 fully saturated rings. The average molecular weight is 348 g/mol. The van der Waals surface area contributed by atoms with Gasteiger partial charge < -0.3 is 14.8 Å². The Hall–Kier alpha value is -1.75. The van der Waals surface area contributed by atoms with Crippen LogP contribution in [0.1, 0.15) is 38.7 Å². The minimum atomic E-state index is 0.0557. The third kappa shape index (κ3) is 5.92. The smallest absolute Gasteiger partial charge is 0.224 e. The van der Waals surface area contributed by atoms with Crippen LogP contribution < -0.4 is 14.8 Å². The first-order valence-electron chi connectivity index (χ1n) is 9.25. The molecule has 0 aromatic heterocycles. The van der Waals surface area contributed by atoms with Gasteiger partial charge in [-0.1, -0.05) is 19.9 Å². The van der Waals surface area contributed by atoms with Crippen LogP contribution in [0.3, 0.4) is 0 Å². The first kappa shape index (κ1) is 19.6. The molecule has 5 nitrogen and oxygen atoms in total. The van der Waals surface area contributed by atoms with Crippen LogP contribution in [0.2, 0.25) is 0 Å². The minimum Gasteiger partial charge on any atom is -0.493 e. The van der Waals surface area contributed by atoms with Crippen molar-refractivity contribution in [2.45, 2.75) is 45.6 Å². The van der Waals surface area contributed by atoms with Crippen molar-refractivity contribution >= 4 is 5.91 Å². The maximum Gasteiger partial charge on any atom is 0.224 e. The summed E-state index contributed by atoms with van der Waals surface area (Å²) in [5, 5.41) is 3.13. The third-order valence-electron chi connectivity index (χ3n) is 4.75. The number of carbonyl (C=O) groups excluding carboxylic acids is 1. The molecule has 1 unspecified atom stereocenters. The number of amides is 1. The number of methoxy groups -OCH3 is 2. The summed E-state index contributed by atoms with van der Waals surface area (Å²) in [5.74, 6) is 2.02. The normalized spacial score (nSPS) is 16.0. The molecule has 2 rings (SSSR count). The quantitative estimate of drug-likeness (QED) is 0.745. The zero-order chi connectivity index (χ0) is 18.2. The number of rotatable bonds is 9. The Morgan fingerprint density at radius 2 is 1.84 bits per heavy atom. The maximum absolute atomic E-state index is 12.4. The summed E-state index contributed by atoms with van der Waals surface area (Å²) < 4.78 is 10.5. The van der Waals surface area contributed by atoms with Crippen molar-refractivity contribution in [1.82, 2.24) is 10.2 Å². The van der Waals surface area contributed by atoms with Crippen molar-refractivity contribution in [3.63, 3.8) is 0 Å². The van der Waals surface area contributed by atoms with E-state index in [0.29, 0.717) is 29.9 Å². The lowest BCUT2D eigenvalue weighted by Gasteiger charge is -2.29. The Morgan fingerprint density at radius 1 is 1.16 bits per heavy atom. The molecule has 1 saturated heterocycles. The van der Waals surface area contributed by atoms with Crippen LogP contribution in [0.5, 0.6) is 11.5 Å². The molecule has 1 N–H and O–H groups in total. The molecule has 140 valence electrons. The van der Waals surface area contributed by atoms with E-state index < -0.39 is 0 Å². The Bertz CT molecular complexity index is 554. The molecular weight excluding hydrogens is 316 g/mol. The van der Waals surface area contributed by atoms with E-state index in [-0.39, 0.29) is 5.91 Å². The molecule has 1 aliphatic heterocycles. The van der Waals surface area contributed by atoms with Crippen LogP contribution in [-0.2, 0) is 11.2 Å². The van der Waals surface area contributed by atoms with E-state index in [0.717, 1.165) is 31.6 Å². The van der Waals surface area contributed by atoms with Gasteiger partial charge in [0.05, 0.1) is 20.6 Å². The molecule has 0 radical (unpaired) electrons. The number of carbonyl (C=O) groups is 1. The Morgan fingerprint density at radius 3 is 2.44 bits per heavy atom. The highest BCUT2D eigenvalue weighted by atomic mass is 16.5. The van der Waals surface area contributed by atoms with Crippen LogP contribution in [-0.4, -0.2) is 50.7 Å². The fourth-order valence-corrected chi connectivity index (χ4v) is 3.48. The highest BCUT2D eigenvalue weighted by Gasteiger charge is 2.23. The topological polar surface area (TPSA) is 50.8 Å². The van der Waals surface area contributed by atoms with Gasteiger partial charge in [-0.25, -0.2) is 0 Å². The second-order valence-corrected chi connectivity index (χ2v) is 7.20. The first-order chi connectivity index (χ1) is 12.0. The molecular formula is C20H32N2O3. The van der Waals surface area contributed by atoms with Gasteiger partial charge in [0.15, 0.2) is 11.5 Å². The van der Waals surface area contributed by atoms with E-state index in [1.807, 2.05) is 18.2 Å².